The summed E-state index contributed by atoms with van der Waals surface area (Å²) in [4.78, 5) is 25.2. The van der Waals surface area contributed by atoms with Crippen molar-refractivity contribution in [1.29, 1.82) is 0 Å². The number of hydrogen-bond acceptors (Lipinski definition) is 6. The Kier molecular flexibility index (Phi) is 3.61. The molecule has 2 aromatic rings. The lowest BCUT2D eigenvalue weighted by molar-refractivity contribution is -0.151. The maximum atomic E-state index is 16.0. The normalized spacial score (nSPS) is 22.9. The first-order chi connectivity index (χ1) is 12.5. The Bertz CT molecular complexity index is 924. The predicted molar refractivity (Wildman–Crippen MR) is 87.6 cm³/mol. The lowest BCUT2D eigenvalue weighted by atomic mass is 9.82. The molecule has 1 heterocycles. The van der Waals surface area contributed by atoms with Crippen LogP contribution in [-0.4, -0.2) is 38.4 Å². The Balaban J connectivity index is 2.00. The van der Waals surface area contributed by atoms with Crippen LogP contribution in [0.1, 0.15) is 27.4 Å². The number of esters is 1. The second-order valence-corrected chi connectivity index (χ2v) is 6.00. The molecule has 0 aromatic heterocycles. The summed E-state index contributed by atoms with van der Waals surface area (Å²) >= 11 is 0. The lowest BCUT2D eigenvalue weighted by Crippen LogP contribution is -2.44. The highest BCUT2D eigenvalue weighted by molar-refractivity contribution is 6.20. The van der Waals surface area contributed by atoms with Crippen molar-refractivity contribution in [3.05, 3.63) is 53.1 Å². The molecule has 0 fully saturated rings. The number of benzene rings is 2. The van der Waals surface area contributed by atoms with Gasteiger partial charge < -0.3 is 18.9 Å². The number of ether oxygens (including phenoxy) is 4. The molecule has 6 nitrogen and oxygen atoms in total. The highest BCUT2D eigenvalue weighted by Gasteiger charge is 2.62. The van der Waals surface area contributed by atoms with Gasteiger partial charge in [0.05, 0.1) is 20.1 Å². The van der Waals surface area contributed by atoms with Crippen molar-refractivity contribution in [2.24, 2.45) is 0 Å². The van der Waals surface area contributed by atoms with Gasteiger partial charge in [-0.25, -0.2) is 9.18 Å². The van der Waals surface area contributed by atoms with Gasteiger partial charge in [0.25, 0.3) is 5.67 Å². The minimum absolute atomic E-state index is 0.0174. The van der Waals surface area contributed by atoms with E-state index in [1.165, 1.54) is 19.2 Å². The first kappa shape index (κ1) is 16.4. The summed E-state index contributed by atoms with van der Waals surface area (Å²) in [5.74, 6) is -2.34. The predicted octanol–water partition coefficient (Wildman–Crippen LogP) is 2.63. The largest absolute Gasteiger partial charge is 0.496 e. The zero-order chi connectivity index (χ0) is 18.5. The van der Waals surface area contributed by atoms with Crippen LogP contribution in [0.3, 0.4) is 0 Å². The Morgan fingerprint density at radius 2 is 1.85 bits per heavy atom. The third-order valence-electron chi connectivity index (χ3n) is 4.76. The standard InChI is InChI=1S/C19H15FO6/c1-23-13-6-4-3-5-10(13)16-11-7-14-15(26-9-25-14)8-12(11)17(21)19(16,20)18(22)24-2/h3-8,16H,9H2,1-2H3/t16-,19-/m0/s1. The van der Waals surface area contributed by atoms with E-state index in [0.29, 0.717) is 28.4 Å². The molecule has 0 spiro atoms. The van der Waals surface area contributed by atoms with Crippen LogP contribution >= 0.6 is 0 Å². The van der Waals surface area contributed by atoms with Crippen LogP contribution in [0.4, 0.5) is 4.39 Å². The quantitative estimate of drug-likeness (QED) is 0.621. The summed E-state index contributed by atoms with van der Waals surface area (Å²) in [6, 6.07) is 9.61. The average molecular weight is 358 g/mol. The maximum absolute atomic E-state index is 16.0. The van der Waals surface area contributed by atoms with E-state index >= 15 is 4.39 Å². The SMILES string of the molecule is COC(=O)[C@@]1(F)C(=O)c2cc3c(cc2[C@@H]1c1ccccc1OC)OCO3. The summed E-state index contributed by atoms with van der Waals surface area (Å²) < 4.78 is 36.6. The first-order valence-electron chi connectivity index (χ1n) is 7.91. The monoisotopic (exact) mass is 358 g/mol. The number of halogens is 1. The van der Waals surface area contributed by atoms with Gasteiger partial charge in [0.2, 0.25) is 12.6 Å². The van der Waals surface area contributed by atoms with E-state index in [1.807, 2.05) is 0 Å². The van der Waals surface area contributed by atoms with E-state index in [1.54, 1.807) is 24.3 Å². The van der Waals surface area contributed by atoms with E-state index in [-0.39, 0.29) is 12.4 Å². The number of alkyl halides is 1. The van der Waals surface area contributed by atoms with E-state index < -0.39 is 23.3 Å². The van der Waals surface area contributed by atoms with E-state index in [9.17, 15) is 9.59 Å². The van der Waals surface area contributed by atoms with Gasteiger partial charge in [-0.3, -0.25) is 4.79 Å². The zero-order valence-electron chi connectivity index (χ0n) is 14.1. The molecule has 1 aliphatic carbocycles. The van der Waals surface area contributed by atoms with E-state index in [4.69, 9.17) is 14.2 Å². The lowest BCUT2D eigenvalue weighted by Gasteiger charge is -2.25. The summed E-state index contributed by atoms with van der Waals surface area (Å²) in [7, 11) is 2.49. The number of carbonyl (C=O) groups excluding carboxylic acids is 2. The topological polar surface area (TPSA) is 71.1 Å². The Hall–Kier alpha value is -3.09. The first-order valence-corrected chi connectivity index (χ1v) is 7.91. The molecule has 0 bridgehead atoms. The number of Topliss-reactive ketones (excluding diaryl/α,β-unsaturated/α-hetero) is 1. The van der Waals surface area contributed by atoms with Crippen LogP contribution in [0.25, 0.3) is 0 Å². The highest BCUT2D eigenvalue weighted by atomic mass is 19.1. The number of hydrogen-bond donors (Lipinski definition) is 0. The van der Waals surface area contributed by atoms with Crippen molar-refractivity contribution in [2.75, 3.05) is 21.0 Å². The molecule has 2 aromatic carbocycles. The Morgan fingerprint density at radius 3 is 2.54 bits per heavy atom. The van der Waals surface area contributed by atoms with Gasteiger partial charge in [0.1, 0.15) is 5.75 Å². The molecule has 134 valence electrons. The smallest absolute Gasteiger partial charge is 0.352 e. The molecule has 0 saturated carbocycles. The second-order valence-electron chi connectivity index (χ2n) is 6.00. The van der Waals surface area contributed by atoms with Gasteiger partial charge in [-0.05, 0) is 23.8 Å². The minimum Gasteiger partial charge on any atom is -0.496 e. The van der Waals surface area contributed by atoms with Crippen LogP contribution < -0.4 is 14.2 Å². The summed E-state index contributed by atoms with van der Waals surface area (Å²) in [6.45, 7) is 0.0174. The third kappa shape index (κ3) is 2.03. The summed E-state index contributed by atoms with van der Waals surface area (Å²) in [5.41, 5.74) is -2.13. The van der Waals surface area contributed by atoms with Gasteiger partial charge in [-0.2, -0.15) is 0 Å². The third-order valence-corrected chi connectivity index (χ3v) is 4.76. The van der Waals surface area contributed by atoms with Crippen LogP contribution in [0, 0.1) is 0 Å². The maximum Gasteiger partial charge on any atom is 0.352 e. The molecule has 1 aliphatic heterocycles. The van der Waals surface area contributed by atoms with Gasteiger partial charge in [-0.15, -0.1) is 0 Å². The Morgan fingerprint density at radius 1 is 1.15 bits per heavy atom. The van der Waals surface area contributed by atoms with Crippen molar-refractivity contribution in [3.8, 4) is 17.2 Å². The van der Waals surface area contributed by atoms with Crippen LogP contribution in [-0.2, 0) is 9.53 Å². The van der Waals surface area contributed by atoms with Crippen molar-refractivity contribution in [2.45, 2.75) is 11.6 Å². The molecule has 4 rings (SSSR count). The number of carbonyl (C=O) groups is 2. The fraction of sp³-hybridized carbons (Fsp3) is 0.263. The molecule has 0 amide bonds. The molecular formula is C19H15FO6. The molecule has 2 atom stereocenters. The molecular weight excluding hydrogens is 343 g/mol. The molecule has 0 saturated heterocycles. The number of para-hydroxylation sites is 1. The molecule has 2 aliphatic rings. The zero-order valence-corrected chi connectivity index (χ0v) is 14.1. The fourth-order valence-electron chi connectivity index (χ4n) is 3.58. The fourth-order valence-corrected chi connectivity index (χ4v) is 3.58. The van der Waals surface area contributed by atoms with Crippen molar-refractivity contribution in [3.63, 3.8) is 0 Å². The van der Waals surface area contributed by atoms with Gasteiger partial charge in [0.15, 0.2) is 11.5 Å². The van der Waals surface area contributed by atoms with Crippen LogP contribution in [0.2, 0.25) is 0 Å². The molecule has 0 radical (unpaired) electrons. The second kappa shape index (κ2) is 5.72. The van der Waals surface area contributed by atoms with Crippen molar-refractivity contribution < 1.29 is 32.9 Å². The average Bonchev–Trinajstić information content (AvgIpc) is 3.21. The van der Waals surface area contributed by atoms with E-state index in [0.717, 1.165) is 7.11 Å². The highest BCUT2D eigenvalue weighted by Crippen LogP contribution is 2.53. The molecule has 26 heavy (non-hydrogen) atoms. The number of rotatable bonds is 3. The van der Waals surface area contributed by atoms with Crippen LogP contribution in [0.5, 0.6) is 17.2 Å². The number of fused-ring (bicyclic) bond motifs is 2. The Labute approximate surface area is 148 Å². The molecule has 7 heteroatoms. The van der Waals surface area contributed by atoms with Gasteiger partial charge >= 0.3 is 5.97 Å². The van der Waals surface area contributed by atoms with Crippen molar-refractivity contribution >= 4 is 11.8 Å². The summed E-state index contributed by atoms with van der Waals surface area (Å²) in [6.07, 6.45) is 0. The molecule has 0 N–H and O–H groups in total. The number of methoxy groups -OCH3 is 2. The minimum atomic E-state index is -2.90. The van der Waals surface area contributed by atoms with Gasteiger partial charge in [0, 0.05) is 11.1 Å². The van der Waals surface area contributed by atoms with Crippen LogP contribution in [0.15, 0.2) is 36.4 Å². The van der Waals surface area contributed by atoms with Crippen molar-refractivity contribution in [1.82, 2.24) is 0 Å². The van der Waals surface area contributed by atoms with Gasteiger partial charge in [-0.1, -0.05) is 18.2 Å². The summed E-state index contributed by atoms with van der Waals surface area (Å²) in [5, 5.41) is 0. The van der Waals surface area contributed by atoms with E-state index in [2.05, 4.69) is 4.74 Å². The molecule has 0 unspecified atom stereocenters. The number of ketones is 1.